The van der Waals surface area contributed by atoms with Gasteiger partial charge in [0.1, 0.15) is 0 Å². The highest BCUT2D eigenvalue weighted by Crippen LogP contribution is 2.28. The molecule has 2 aromatic rings. The van der Waals surface area contributed by atoms with Gasteiger partial charge in [-0.3, -0.25) is 4.79 Å². The van der Waals surface area contributed by atoms with Crippen molar-refractivity contribution in [1.29, 1.82) is 0 Å². The molecule has 1 fully saturated rings. The lowest BCUT2D eigenvalue weighted by Crippen LogP contribution is -2.38. The largest absolute Gasteiger partial charge is 0.343 e. The van der Waals surface area contributed by atoms with E-state index in [1.807, 2.05) is 25.0 Å². The Morgan fingerprint density at radius 2 is 1.73 bits per heavy atom. The van der Waals surface area contributed by atoms with Crippen molar-refractivity contribution in [3.05, 3.63) is 52.8 Å². The van der Waals surface area contributed by atoms with Gasteiger partial charge in [-0.1, -0.05) is 42.1 Å². The molecule has 4 nitrogen and oxygen atoms in total. The van der Waals surface area contributed by atoms with E-state index in [1.54, 1.807) is 11.8 Å². The quantitative estimate of drug-likeness (QED) is 0.587. The highest BCUT2D eigenvalue weighted by atomic mass is 32.2. The Labute approximate surface area is 160 Å². The predicted molar refractivity (Wildman–Crippen MR) is 107 cm³/mol. The molecule has 1 saturated heterocycles. The number of hydrogen-bond donors (Lipinski definition) is 0. The first kappa shape index (κ1) is 18.9. The number of likely N-dealkylation sites (tertiary alicyclic amines) is 1. The zero-order valence-corrected chi connectivity index (χ0v) is 16.7. The van der Waals surface area contributed by atoms with Gasteiger partial charge in [-0.2, -0.15) is 0 Å². The summed E-state index contributed by atoms with van der Waals surface area (Å²) >= 11 is 1.55. The second-order valence-electron chi connectivity index (χ2n) is 6.93. The third-order valence-corrected chi connectivity index (χ3v) is 5.84. The maximum atomic E-state index is 12.6. The number of benzene rings is 1. The minimum atomic E-state index is 0.254. The molecule has 1 aliphatic rings. The molecule has 2 heterocycles. The van der Waals surface area contributed by atoms with Crippen molar-refractivity contribution in [2.45, 2.75) is 50.6 Å². The molecule has 138 valence electrons. The number of rotatable bonds is 5. The SMILES string of the molecule is CSc1nc(C)c(CCC(=O)N2CCC(c3ccccc3)CC2)c(C)n1. The number of amides is 1. The van der Waals surface area contributed by atoms with Crippen LogP contribution in [0.1, 0.15) is 47.7 Å². The van der Waals surface area contributed by atoms with Crippen molar-refractivity contribution < 1.29 is 4.79 Å². The van der Waals surface area contributed by atoms with Crippen molar-refractivity contribution >= 4 is 17.7 Å². The van der Waals surface area contributed by atoms with Crippen LogP contribution in [-0.2, 0) is 11.2 Å². The Hall–Kier alpha value is -1.88. The van der Waals surface area contributed by atoms with Gasteiger partial charge >= 0.3 is 0 Å². The van der Waals surface area contributed by atoms with Gasteiger partial charge in [-0.15, -0.1) is 0 Å². The van der Waals surface area contributed by atoms with Crippen molar-refractivity contribution in [2.24, 2.45) is 0 Å². The molecular weight excluding hydrogens is 342 g/mol. The molecule has 1 aromatic heterocycles. The Balaban J connectivity index is 1.54. The van der Waals surface area contributed by atoms with Gasteiger partial charge in [-0.25, -0.2) is 9.97 Å². The Kier molecular flexibility index (Phi) is 6.30. The first-order valence-corrected chi connectivity index (χ1v) is 10.5. The van der Waals surface area contributed by atoms with Gasteiger partial charge in [0, 0.05) is 30.9 Å². The van der Waals surface area contributed by atoms with E-state index in [-0.39, 0.29) is 5.91 Å². The summed E-state index contributed by atoms with van der Waals surface area (Å²) < 4.78 is 0. The molecule has 0 bridgehead atoms. The summed E-state index contributed by atoms with van der Waals surface area (Å²) in [6, 6.07) is 10.7. The second-order valence-corrected chi connectivity index (χ2v) is 7.70. The second kappa shape index (κ2) is 8.67. The van der Waals surface area contributed by atoms with Crippen molar-refractivity contribution in [3.8, 4) is 0 Å². The fourth-order valence-electron chi connectivity index (χ4n) is 3.74. The number of piperidine rings is 1. The van der Waals surface area contributed by atoms with E-state index in [0.29, 0.717) is 12.3 Å². The maximum absolute atomic E-state index is 12.6. The van der Waals surface area contributed by atoms with Crippen LogP contribution in [0, 0.1) is 13.8 Å². The average Bonchev–Trinajstić information content (AvgIpc) is 2.67. The first-order valence-electron chi connectivity index (χ1n) is 9.29. The number of nitrogens with zero attached hydrogens (tertiary/aromatic N) is 3. The fourth-order valence-corrected chi connectivity index (χ4v) is 4.20. The van der Waals surface area contributed by atoms with Gasteiger partial charge in [0.2, 0.25) is 5.91 Å². The number of carbonyl (C=O) groups excluding carboxylic acids is 1. The molecule has 0 N–H and O–H groups in total. The predicted octanol–water partition coefficient (Wildman–Crippen LogP) is 4.15. The van der Waals surface area contributed by atoms with Crippen molar-refractivity contribution in [3.63, 3.8) is 0 Å². The molecule has 1 aromatic carbocycles. The van der Waals surface area contributed by atoms with Crippen LogP contribution < -0.4 is 0 Å². The molecule has 1 aliphatic heterocycles. The lowest BCUT2D eigenvalue weighted by molar-refractivity contribution is -0.132. The van der Waals surface area contributed by atoms with E-state index in [9.17, 15) is 4.79 Å². The molecule has 0 aliphatic carbocycles. The molecule has 0 saturated carbocycles. The van der Waals surface area contributed by atoms with Crippen LogP contribution in [0.4, 0.5) is 0 Å². The third kappa shape index (κ3) is 4.44. The van der Waals surface area contributed by atoms with Crippen LogP contribution in [0.3, 0.4) is 0 Å². The normalized spacial score (nSPS) is 15.3. The summed E-state index contributed by atoms with van der Waals surface area (Å²) in [4.78, 5) is 23.7. The van der Waals surface area contributed by atoms with E-state index >= 15 is 0 Å². The molecule has 1 amide bonds. The van der Waals surface area contributed by atoms with Crippen LogP contribution in [-0.4, -0.2) is 40.1 Å². The number of aromatic nitrogens is 2. The van der Waals surface area contributed by atoms with Crippen LogP contribution in [0.25, 0.3) is 0 Å². The van der Waals surface area contributed by atoms with Gasteiger partial charge in [0.15, 0.2) is 5.16 Å². The lowest BCUT2D eigenvalue weighted by atomic mass is 9.89. The minimum absolute atomic E-state index is 0.254. The summed E-state index contributed by atoms with van der Waals surface area (Å²) in [6.07, 6.45) is 5.36. The van der Waals surface area contributed by atoms with Crippen LogP contribution in [0.5, 0.6) is 0 Å². The topological polar surface area (TPSA) is 46.1 Å². The van der Waals surface area contributed by atoms with Gasteiger partial charge in [-0.05, 0) is 56.4 Å². The van der Waals surface area contributed by atoms with Crippen molar-refractivity contribution in [2.75, 3.05) is 19.3 Å². The average molecular weight is 370 g/mol. The zero-order valence-electron chi connectivity index (χ0n) is 15.9. The maximum Gasteiger partial charge on any atom is 0.222 e. The fraction of sp³-hybridized carbons (Fsp3) is 0.476. The van der Waals surface area contributed by atoms with E-state index in [4.69, 9.17) is 0 Å². The standard InChI is InChI=1S/C21H27N3OS/c1-15-19(16(2)23-21(22-15)26-3)9-10-20(25)24-13-11-18(12-14-24)17-7-5-4-6-8-17/h4-8,18H,9-14H2,1-3H3. The highest BCUT2D eigenvalue weighted by Gasteiger charge is 2.23. The molecule has 0 spiro atoms. The Morgan fingerprint density at radius 1 is 1.12 bits per heavy atom. The number of aryl methyl sites for hydroxylation is 2. The monoisotopic (exact) mass is 369 g/mol. The van der Waals surface area contributed by atoms with Gasteiger partial charge in [0.05, 0.1) is 0 Å². The molecule has 3 rings (SSSR count). The summed E-state index contributed by atoms with van der Waals surface area (Å²) in [7, 11) is 0. The molecule has 26 heavy (non-hydrogen) atoms. The molecule has 0 unspecified atom stereocenters. The van der Waals surface area contributed by atoms with E-state index in [1.165, 1.54) is 5.56 Å². The first-order chi connectivity index (χ1) is 12.6. The summed E-state index contributed by atoms with van der Waals surface area (Å²) in [5.74, 6) is 0.835. The van der Waals surface area contributed by atoms with E-state index in [0.717, 1.165) is 54.5 Å². The third-order valence-electron chi connectivity index (χ3n) is 5.29. The number of hydrogen-bond acceptors (Lipinski definition) is 4. The molecule has 5 heteroatoms. The van der Waals surface area contributed by atoms with E-state index in [2.05, 4.69) is 40.3 Å². The Morgan fingerprint density at radius 3 is 2.31 bits per heavy atom. The Bertz CT molecular complexity index is 732. The molecular formula is C21H27N3OS. The molecule has 0 radical (unpaired) electrons. The van der Waals surface area contributed by atoms with Gasteiger partial charge in [0.25, 0.3) is 0 Å². The lowest BCUT2D eigenvalue weighted by Gasteiger charge is -2.32. The van der Waals surface area contributed by atoms with Crippen LogP contribution in [0.15, 0.2) is 35.5 Å². The van der Waals surface area contributed by atoms with E-state index < -0.39 is 0 Å². The number of thioether (sulfide) groups is 1. The number of carbonyl (C=O) groups is 1. The van der Waals surface area contributed by atoms with Gasteiger partial charge < -0.3 is 4.90 Å². The van der Waals surface area contributed by atoms with Crippen molar-refractivity contribution in [1.82, 2.24) is 14.9 Å². The smallest absolute Gasteiger partial charge is 0.222 e. The zero-order chi connectivity index (χ0) is 18.5. The summed E-state index contributed by atoms with van der Waals surface area (Å²) in [5.41, 5.74) is 4.52. The highest BCUT2D eigenvalue weighted by molar-refractivity contribution is 7.98. The van der Waals surface area contributed by atoms with Crippen LogP contribution >= 0.6 is 11.8 Å². The minimum Gasteiger partial charge on any atom is -0.343 e. The van der Waals surface area contributed by atoms with Crippen LogP contribution in [0.2, 0.25) is 0 Å². The summed E-state index contributed by atoms with van der Waals surface area (Å²) in [6.45, 7) is 5.75. The summed E-state index contributed by atoms with van der Waals surface area (Å²) in [5, 5.41) is 0.804. The molecule has 0 atom stereocenters.